The predicted molar refractivity (Wildman–Crippen MR) is 11.6 cm³/mol. The monoisotopic (exact) mass is 213 g/mol. The summed E-state index contributed by atoms with van der Waals surface area (Å²) < 4.78 is 0. The zero-order valence-electron chi connectivity index (χ0n) is 3.48. The van der Waals surface area contributed by atoms with E-state index in [1.165, 1.54) is 0 Å². The van der Waals surface area contributed by atoms with Crippen LogP contribution in [-0.2, 0) is 38.8 Å². The van der Waals surface area contributed by atoms with Crippen LogP contribution in [0.15, 0.2) is 0 Å². The van der Waals surface area contributed by atoms with Gasteiger partial charge in [0.25, 0.3) is 0 Å². The topological polar surface area (TPSA) is 180 Å². The second-order valence-electron chi connectivity index (χ2n) is 0. The van der Waals surface area contributed by atoms with Crippen LogP contribution in [0.2, 0.25) is 0 Å². The molecular formula is H6CuO6Ti. The van der Waals surface area contributed by atoms with Crippen LogP contribution in [0, 0.1) is 0 Å². The number of hydrogen-bond acceptors (Lipinski definition) is 6. The maximum absolute atomic E-state index is 0. The van der Waals surface area contributed by atoms with Crippen molar-refractivity contribution in [1.29, 1.82) is 0 Å². The van der Waals surface area contributed by atoms with Crippen molar-refractivity contribution in [3.05, 3.63) is 0 Å². The molecule has 0 aromatic rings. The second kappa shape index (κ2) is 396. The molecular weight excluding hydrogens is 207 g/mol. The van der Waals surface area contributed by atoms with Gasteiger partial charge in [0.05, 0.1) is 0 Å². The van der Waals surface area contributed by atoms with Gasteiger partial charge in [0.1, 0.15) is 0 Å². The predicted octanol–water partition coefficient (Wildman–Crippen LogP) is -1.07. The van der Waals surface area contributed by atoms with Crippen LogP contribution < -0.4 is 0 Å². The van der Waals surface area contributed by atoms with Gasteiger partial charge in [-0.3, -0.25) is 0 Å². The summed E-state index contributed by atoms with van der Waals surface area (Å²) in [6.07, 6.45) is 0. The fourth-order valence-electron chi connectivity index (χ4n) is 0. The summed E-state index contributed by atoms with van der Waals surface area (Å²) in [6.45, 7) is 0. The minimum Gasteiger partial charge on any atom is -0.870 e. The quantitative estimate of drug-likeness (QED) is 0.462. The molecule has 0 rings (SSSR count). The first-order valence-electron chi connectivity index (χ1n) is 0. The van der Waals surface area contributed by atoms with Crippen LogP contribution in [0.25, 0.3) is 0 Å². The summed E-state index contributed by atoms with van der Waals surface area (Å²) in [5, 5.41) is 0. The summed E-state index contributed by atoms with van der Waals surface area (Å²) in [7, 11) is 0. The summed E-state index contributed by atoms with van der Waals surface area (Å²) in [5.74, 6) is 0. The first-order valence-corrected chi connectivity index (χ1v) is 0. The smallest absolute Gasteiger partial charge is 0.870 e. The molecule has 0 amide bonds. The van der Waals surface area contributed by atoms with E-state index in [2.05, 4.69) is 0 Å². The van der Waals surface area contributed by atoms with Gasteiger partial charge in [-0.15, -0.1) is 0 Å². The maximum Gasteiger partial charge on any atom is 4.00 e. The van der Waals surface area contributed by atoms with Gasteiger partial charge in [-0.1, -0.05) is 0 Å². The van der Waals surface area contributed by atoms with Gasteiger partial charge >= 0.3 is 38.8 Å². The molecule has 1 radical (unpaired) electrons. The third-order valence-corrected chi connectivity index (χ3v) is 0. The van der Waals surface area contributed by atoms with Crippen molar-refractivity contribution in [1.82, 2.24) is 0 Å². The first kappa shape index (κ1) is 582. The molecule has 8 heavy (non-hydrogen) atoms. The minimum atomic E-state index is 0. The minimum absolute atomic E-state index is 0. The van der Waals surface area contributed by atoms with Gasteiger partial charge in [-0.2, -0.15) is 0 Å². The van der Waals surface area contributed by atoms with Crippen molar-refractivity contribution in [3.8, 4) is 0 Å². The molecule has 57 valence electrons. The Balaban J connectivity index is 0. The van der Waals surface area contributed by atoms with E-state index in [1.54, 1.807) is 0 Å². The molecule has 0 bridgehead atoms. The Morgan fingerprint density at radius 3 is 0.375 bits per heavy atom. The van der Waals surface area contributed by atoms with Gasteiger partial charge in [0.2, 0.25) is 0 Å². The molecule has 0 aromatic heterocycles. The average molecular weight is 213 g/mol. The first-order chi connectivity index (χ1) is 0. The molecule has 0 unspecified atom stereocenters. The van der Waals surface area contributed by atoms with Gasteiger partial charge < -0.3 is 32.9 Å². The van der Waals surface area contributed by atoms with Crippen molar-refractivity contribution >= 4 is 0 Å². The third-order valence-electron chi connectivity index (χ3n) is 0. The Morgan fingerprint density at radius 2 is 0.375 bits per heavy atom. The fraction of sp³-hybridized carbons (Fsp3) is 0. The molecule has 8 heteroatoms. The van der Waals surface area contributed by atoms with Gasteiger partial charge in [0, 0.05) is 0 Å². The molecule has 0 aliphatic rings. The summed E-state index contributed by atoms with van der Waals surface area (Å²) in [4.78, 5) is 0. The van der Waals surface area contributed by atoms with Crippen molar-refractivity contribution < 1.29 is 71.6 Å². The van der Waals surface area contributed by atoms with Gasteiger partial charge in [-0.05, 0) is 0 Å². The standard InChI is InChI=1S/Cu.6H2O.Ti/h;6*1H2;/q+2;;;;;;;+4/p-6. The van der Waals surface area contributed by atoms with E-state index in [-0.39, 0.29) is 71.6 Å². The second-order valence-corrected chi connectivity index (χ2v) is 0. The normalized spacial score (nSPS) is 0. The Morgan fingerprint density at radius 1 is 0.375 bits per heavy atom. The Labute approximate surface area is 71.9 Å². The molecule has 0 aromatic carbocycles. The third kappa shape index (κ3) is 254. The maximum atomic E-state index is 0. The summed E-state index contributed by atoms with van der Waals surface area (Å²) in [6, 6.07) is 0. The van der Waals surface area contributed by atoms with E-state index in [1.807, 2.05) is 0 Å². The van der Waals surface area contributed by atoms with Crippen molar-refractivity contribution in [2.45, 2.75) is 0 Å². The van der Waals surface area contributed by atoms with Crippen LogP contribution in [0.3, 0.4) is 0 Å². The molecule has 0 spiro atoms. The molecule has 0 atom stereocenters. The SMILES string of the molecule is [Cu+2].[OH-].[OH-].[OH-].[OH-].[OH-].[OH-].[Ti+4]. The Hall–Kier alpha value is 0.994. The van der Waals surface area contributed by atoms with E-state index in [0.717, 1.165) is 0 Å². The van der Waals surface area contributed by atoms with E-state index in [9.17, 15) is 0 Å². The molecule has 0 fully saturated rings. The molecule has 0 saturated carbocycles. The zero-order valence-corrected chi connectivity index (χ0v) is 5.99. The van der Waals surface area contributed by atoms with E-state index in [4.69, 9.17) is 0 Å². The van der Waals surface area contributed by atoms with Crippen molar-refractivity contribution in [2.24, 2.45) is 0 Å². The van der Waals surface area contributed by atoms with E-state index >= 15 is 0 Å². The number of hydrogen-bond donors (Lipinski definition) is 0. The van der Waals surface area contributed by atoms with Gasteiger partial charge in [0.15, 0.2) is 0 Å². The molecule has 6 N–H and O–H groups in total. The summed E-state index contributed by atoms with van der Waals surface area (Å²) >= 11 is 0. The van der Waals surface area contributed by atoms with Crippen molar-refractivity contribution in [3.63, 3.8) is 0 Å². The Kier molecular flexibility index (Phi) is 28800. The molecule has 0 heterocycles. The molecule has 0 aliphatic heterocycles. The van der Waals surface area contributed by atoms with Gasteiger partial charge in [-0.25, -0.2) is 0 Å². The van der Waals surface area contributed by atoms with Crippen LogP contribution in [0.4, 0.5) is 0 Å². The van der Waals surface area contributed by atoms with Crippen LogP contribution in [0.1, 0.15) is 0 Å². The Bertz CT molecular complexity index is 8.49. The molecule has 6 nitrogen and oxygen atoms in total. The van der Waals surface area contributed by atoms with Crippen LogP contribution in [0.5, 0.6) is 0 Å². The van der Waals surface area contributed by atoms with E-state index in [0.29, 0.717) is 0 Å². The summed E-state index contributed by atoms with van der Waals surface area (Å²) in [5.41, 5.74) is 0. The number of rotatable bonds is 0. The average Bonchev–Trinajstić information content (AvgIpc) is 0. The molecule has 0 aliphatic carbocycles. The fourth-order valence-corrected chi connectivity index (χ4v) is 0. The van der Waals surface area contributed by atoms with Crippen LogP contribution in [-0.4, -0.2) is 32.9 Å². The van der Waals surface area contributed by atoms with Crippen LogP contribution >= 0.6 is 0 Å². The zero-order chi connectivity index (χ0) is 0. The molecule has 0 saturated heterocycles. The largest absolute Gasteiger partial charge is 4.00 e. The van der Waals surface area contributed by atoms with Crippen molar-refractivity contribution in [2.75, 3.05) is 0 Å². The van der Waals surface area contributed by atoms with E-state index < -0.39 is 0 Å².